The summed E-state index contributed by atoms with van der Waals surface area (Å²) in [5.74, 6) is 0. The molecular formula is C104H82N2. The molecule has 0 saturated heterocycles. The highest BCUT2D eigenvalue weighted by atomic mass is 15.1. The predicted molar refractivity (Wildman–Crippen MR) is 448 cm³/mol. The molecule has 4 aliphatic rings. The van der Waals surface area contributed by atoms with Crippen molar-refractivity contribution in [1.82, 2.24) is 0 Å². The van der Waals surface area contributed by atoms with Crippen molar-refractivity contribution in [3.05, 3.63) is 395 Å². The molecule has 0 radical (unpaired) electrons. The Labute approximate surface area is 623 Å². The molecule has 0 atom stereocenters. The van der Waals surface area contributed by atoms with E-state index in [9.17, 15) is 0 Å². The summed E-state index contributed by atoms with van der Waals surface area (Å²) in [4.78, 5) is 5.06. The van der Waals surface area contributed by atoms with E-state index in [4.69, 9.17) is 0 Å². The molecule has 0 spiro atoms. The Balaban J connectivity index is 0.908. The molecule has 0 amide bonds. The van der Waals surface area contributed by atoms with E-state index in [0.717, 1.165) is 39.7 Å². The van der Waals surface area contributed by atoms with Crippen LogP contribution in [-0.4, -0.2) is 0 Å². The average Bonchev–Trinajstić information content (AvgIpc) is 1.24. The quantitative estimate of drug-likeness (QED) is 0.126. The summed E-state index contributed by atoms with van der Waals surface area (Å²) >= 11 is 0. The molecule has 0 unspecified atom stereocenters. The van der Waals surface area contributed by atoms with E-state index in [1.165, 1.54) is 155 Å². The molecule has 16 aromatic rings. The van der Waals surface area contributed by atoms with Crippen molar-refractivity contribution in [2.45, 2.75) is 89.4 Å². The number of hydrogen-bond acceptors (Lipinski definition) is 2. The smallest absolute Gasteiger partial charge is 0.0713 e. The summed E-state index contributed by atoms with van der Waals surface area (Å²) < 4.78 is 0. The first-order chi connectivity index (χ1) is 51.5. The van der Waals surface area contributed by atoms with Crippen LogP contribution in [0, 0.1) is 0 Å². The number of rotatable bonds is 10. The summed E-state index contributed by atoms with van der Waals surface area (Å²) in [6, 6.07) is 128. The van der Waals surface area contributed by atoms with E-state index in [1.54, 1.807) is 0 Å². The van der Waals surface area contributed by atoms with Gasteiger partial charge in [0, 0.05) is 50.4 Å². The van der Waals surface area contributed by atoms with E-state index >= 15 is 0 Å². The third kappa shape index (κ3) is 9.29. The van der Waals surface area contributed by atoms with Gasteiger partial charge in [0.1, 0.15) is 0 Å². The van der Waals surface area contributed by atoms with Crippen molar-refractivity contribution < 1.29 is 0 Å². The Morgan fingerprint density at radius 3 is 1.04 bits per heavy atom. The molecule has 0 N–H and O–H groups in total. The third-order valence-electron chi connectivity index (χ3n) is 24.9. The van der Waals surface area contributed by atoms with Gasteiger partial charge < -0.3 is 9.80 Å². The van der Waals surface area contributed by atoms with Crippen molar-refractivity contribution >= 4 is 66.4 Å². The topological polar surface area (TPSA) is 6.48 Å². The van der Waals surface area contributed by atoms with Crippen LogP contribution in [0.5, 0.6) is 0 Å². The number of hydrogen-bond donors (Lipinski definition) is 0. The molecule has 508 valence electrons. The lowest BCUT2D eigenvalue weighted by Crippen LogP contribution is -2.28. The molecule has 4 aliphatic carbocycles. The van der Waals surface area contributed by atoms with Crippen molar-refractivity contribution in [2.24, 2.45) is 0 Å². The molecule has 0 aliphatic heterocycles. The lowest BCUT2D eigenvalue weighted by Gasteiger charge is -2.34. The van der Waals surface area contributed by atoms with Gasteiger partial charge in [0.15, 0.2) is 0 Å². The summed E-state index contributed by atoms with van der Waals surface area (Å²) in [6.45, 7) is 21.4. The molecular weight excluding hydrogens is 1280 g/mol. The molecule has 0 aromatic heterocycles. The highest BCUT2D eigenvalue weighted by Crippen LogP contribution is 2.60. The standard InChI is InChI=1S/C104H82N2/c1-100(2,3)69-43-46-72(47-44-69)105(76-48-54-83-79-33-19-23-37-91(79)102(6,7)95(83)63-76)74-50-56-86-88(61-74)99(68-42-53-85-81-35-21-25-39-93(81)104(97(85)60-68,70-28-12-10-13-29-70)71-30-14-11-15-31-71)87-57-51-75(62-89(87)98(86)67-41-52-82-78-32-18-22-36-90(78)101(4,5)94(82)59-67)106(73-45-40-65-26-16-17-27-66(65)58-73)77-49-55-84-80-34-20-24-38-92(80)103(8,9)96(84)64-77/h10-64H,1-9H3. The van der Waals surface area contributed by atoms with E-state index in [-0.39, 0.29) is 21.7 Å². The van der Waals surface area contributed by atoms with Gasteiger partial charge in [0.25, 0.3) is 0 Å². The second-order valence-corrected chi connectivity index (χ2v) is 32.7. The second-order valence-electron chi connectivity index (χ2n) is 32.7. The van der Waals surface area contributed by atoms with E-state index < -0.39 is 5.41 Å². The van der Waals surface area contributed by atoms with Gasteiger partial charge in [-0.15, -0.1) is 0 Å². The van der Waals surface area contributed by atoms with Crippen LogP contribution in [0.15, 0.2) is 334 Å². The van der Waals surface area contributed by atoms with Crippen LogP contribution in [0.4, 0.5) is 34.1 Å². The fourth-order valence-electron chi connectivity index (χ4n) is 19.5. The lowest BCUT2D eigenvalue weighted by molar-refractivity contribution is 0.590. The first-order valence-corrected chi connectivity index (χ1v) is 37.8. The highest BCUT2D eigenvalue weighted by molar-refractivity contribution is 6.23. The fourth-order valence-corrected chi connectivity index (χ4v) is 19.5. The van der Waals surface area contributed by atoms with E-state index in [0.29, 0.717) is 0 Å². The molecule has 0 fully saturated rings. The number of anilines is 6. The highest BCUT2D eigenvalue weighted by Gasteiger charge is 2.47. The Bertz CT molecular complexity index is 6300. The summed E-state index contributed by atoms with van der Waals surface area (Å²) in [6.07, 6.45) is 0. The van der Waals surface area contributed by atoms with E-state index in [2.05, 4.69) is 406 Å². The maximum absolute atomic E-state index is 2.59. The zero-order chi connectivity index (χ0) is 71.8. The van der Waals surface area contributed by atoms with Crippen molar-refractivity contribution in [3.63, 3.8) is 0 Å². The minimum Gasteiger partial charge on any atom is -0.310 e. The molecule has 2 nitrogen and oxygen atoms in total. The maximum atomic E-state index is 2.59. The third-order valence-corrected chi connectivity index (χ3v) is 24.9. The predicted octanol–water partition coefficient (Wildman–Crippen LogP) is 28.0. The van der Waals surface area contributed by atoms with Crippen LogP contribution in [0.25, 0.3) is 99.1 Å². The minimum absolute atomic E-state index is 0.0373. The van der Waals surface area contributed by atoms with Crippen LogP contribution < -0.4 is 9.80 Å². The normalized spacial score (nSPS) is 14.8. The van der Waals surface area contributed by atoms with Crippen LogP contribution in [0.2, 0.25) is 0 Å². The first kappa shape index (κ1) is 63.6. The summed E-state index contributed by atoms with van der Waals surface area (Å²) in [5.41, 5.74) is 34.8. The van der Waals surface area contributed by atoms with Crippen molar-refractivity contribution in [3.8, 4) is 66.8 Å². The summed E-state index contributed by atoms with van der Waals surface area (Å²) in [7, 11) is 0. The largest absolute Gasteiger partial charge is 0.310 e. The number of benzene rings is 16. The molecule has 106 heavy (non-hydrogen) atoms. The van der Waals surface area contributed by atoms with Crippen LogP contribution in [0.3, 0.4) is 0 Å². The fraction of sp³-hybridized carbons (Fsp3) is 0.135. The Kier molecular flexibility index (Phi) is 13.9. The van der Waals surface area contributed by atoms with Gasteiger partial charge in [0.2, 0.25) is 0 Å². The van der Waals surface area contributed by atoms with Gasteiger partial charge >= 0.3 is 0 Å². The van der Waals surface area contributed by atoms with Crippen LogP contribution in [-0.2, 0) is 27.1 Å². The molecule has 16 aromatic carbocycles. The lowest BCUT2D eigenvalue weighted by atomic mass is 9.67. The van der Waals surface area contributed by atoms with Gasteiger partial charge in [-0.3, -0.25) is 0 Å². The van der Waals surface area contributed by atoms with Gasteiger partial charge in [-0.05, 0) is 251 Å². The number of fused-ring (bicyclic) bond motifs is 15. The van der Waals surface area contributed by atoms with Crippen molar-refractivity contribution in [1.29, 1.82) is 0 Å². The van der Waals surface area contributed by atoms with Crippen molar-refractivity contribution in [2.75, 3.05) is 9.80 Å². The van der Waals surface area contributed by atoms with Gasteiger partial charge in [-0.1, -0.05) is 311 Å². The zero-order valence-electron chi connectivity index (χ0n) is 61.6. The Morgan fingerprint density at radius 2 is 0.557 bits per heavy atom. The molecule has 0 heterocycles. The van der Waals surface area contributed by atoms with Gasteiger partial charge in [-0.2, -0.15) is 0 Å². The van der Waals surface area contributed by atoms with E-state index in [1.807, 2.05) is 0 Å². The first-order valence-electron chi connectivity index (χ1n) is 37.8. The van der Waals surface area contributed by atoms with Gasteiger partial charge in [0.05, 0.1) is 5.41 Å². The average molecular weight is 1360 g/mol. The van der Waals surface area contributed by atoms with Crippen LogP contribution >= 0.6 is 0 Å². The monoisotopic (exact) mass is 1360 g/mol. The number of nitrogens with zero attached hydrogens (tertiary/aromatic N) is 2. The Morgan fingerprint density at radius 1 is 0.226 bits per heavy atom. The zero-order valence-corrected chi connectivity index (χ0v) is 61.6. The molecule has 0 bridgehead atoms. The summed E-state index contributed by atoms with van der Waals surface area (Å²) in [5, 5.41) is 7.11. The molecule has 2 heteroatoms. The van der Waals surface area contributed by atoms with Gasteiger partial charge in [-0.25, -0.2) is 0 Å². The SMILES string of the molecule is CC(C)(C)c1ccc(N(c2ccc3c(c2)C(C)(C)c2ccccc2-3)c2ccc3c(-c4ccc5c(c4)C(C)(C)c4ccccc4-5)c4cc(N(c5ccc6c(c5)C(C)(C)c5ccccc5-6)c5ccc6ccccc6c5)ccc4c(-c4ccc5c(c4)C(c4ccccc4)(c4ccccc4)c4ccccc4-5)c3c2)cc1. The molecule has 0 saturated carbocycles. The second kappa shape index (κ2) is 23.2. The minimum atomic E-state index is -0.633. The maximum Gasteiger partial charge on any atom is 0.0713 e. The Hall–Kier alpha value is -12.1. The molecule has 20 rings (SSSR count). The van der Waals surface area contributed by atoms with Crippen LogP contribution in [0.1, 0.15) is 124 Å².